The van der Waals surface area contributed by atoms with E-state index in [4.69, 9.17) is 4.74 Å². The van der Waals surface area contributed by atoms with Crippen LogP contribution in [0, 0.1) is 6.20 Å². The average Bonchev–Trinajstić information content (AvgIpc) is 2.87. The van der Waals surface area contributed by atoms with Crippen molar-refractivity contribution in [2.24, 2.45) is 0 Å². The number of aromatic nitrogens is 1. The van der Waals surface area contributed by atoms with E-state index in [1.165, 1.54) is 22.3 Å². The number of hydrogen-bond acceptors (Lipinski definition) is 3. The highest BCUT2D eigenvalue weighted by Crippen LogP contribution is 2.36. The highest BCUT2D eigenvalue weighted by Gasteiger charge is 2.12. The molecule has 3 heteroatoms. The van der Waals surface area contributed by atoms with E-state index in [1.807, 2.05) is 19.1 Å². The van der Waals surface area contributed by atoms with Gasteiger partial charge in [-0.25, -0.2) is 0 Å². The van der Waals surface area contributed by atoms with Crippen LogP contribution >= 0.6 is 11.5 Å². The zero-order chi connectivity index (χ0) is 12.4. The highest BCUT2D eigenvalue weighted by molar-refractivity contribution is 7.08. The minimum atomic E-state index is 0.647. The van der Waals surface area contributed by atoms with Crippen molar-refractivity contribution in [1.29, 1.82) is 0 Å². The van der Waals surface area contributed by atoms with Crippen molar-refractivity contribution in [2.75, 3.05) is 6.61 Å². The zero-order valence-electron chi connectivity index (χ0n) is 10.0. The van der Waals surface area contributed by atoms with Crippen molar-refractivity contribution in [3.8, 4) is 16.2 Å². The Bertz CT molecular complexity index is 670. The molecule has 1 radical (unpaired) electrons. The summed E-state index contributed by atoms with van der Waals surface area (Å²) < 4.78 is 9.72. The molecule has 1 heterocycles. The molecule has 1 aromatic heterocycles. The Morgan fingerprint density at radius 1 is 1.17 bits per heavy atom. The summed E-state index contributed by atoms with van der Waals surface area (Å²) in [5.41, 5.74) is 2.09. The van der Waals surface area contributed by atoms with E-state index in [2.05, 4.69) is 40.9 Å². The highest BCUT2D eigenvalue weighted by atomic mass is 32.1. The number of hydrogen-bond donors (Lipinski definition) is 0. The van der Waals surface area contributed by atoms with Crippen molar-refractivity contribution >= 4 is 22.3 Å². The van der Waals surface area contributed by atoms with Crippen LogP contribution in [0.4, 0.5) is 0 Å². The number of benzene rings is 2. The Kier molecular flexibility index (Phi) is 2.99. The maximum Gasteiger partial charge on any atom is 0.202 e. The summed E-state index contributed by atoms with van der Waals surface area (Å²) in [5, 5.41) is 3.27. The Balaban J connectivity index is 2.22. The quantitative estimate of drug-likeness (QED) is 0.700. The van der Waals surface area contributed by atoms with Crippen molar-refractivity contribution < 1.29 is 4.74 Å². The summed E-state index contributed by atoms with van der Waals surface area (Å²) in [6.45, 7) is 2.63. The van der Waals surface area contributed by atoms with Gasteiger partial charge in [0.05, 0.1) is 12.2 Å². The first kappa shape index (κ1) is 11.2. The third kappa shape index (κ3) is 1.87. The predicted octanol–water partition coefficient (Wildman–Crippen LogP) is 4.16. The van der Waals surface area contributed by atoms with Gasteiger partial charge in [0, 0.05) is 11.5 Å². The second kappa shape index (κ2) is 4.78. The van der Waals surface area contributed by atoms with Crippen LogP contribution in [0.25, 0.3) is 21.9 Å². The lowest BCUT2D eigenvalue weighted by molar-refractivity contribution is 0.351. The van der Waals surface area contributed by atoms with Gasteiger partial charge in [-0.05, 0) is 23.3 Å². The van der Waals surface area contributed by atoms with Crippen molar-refractivity contribution in [1.82, 2.24) is 4.37 Å². The first-order valence-corrected chi connectivity index (χ1v) is 6.65. The van der Waals surface area contributed by atoms with E-state index in [-0.39, 0.29) is 0 Å². The lowest BCUT2D eigenvalue weighted by atomic mass is 10.0. The molecule has 2 aromatic carbocycles. The molecule has 0 aliphatic heterocycles. The number of rotatable bonds is 3. The third-order valence-corrected chi connectivity index (χ3v) is 3.49. The molecule has 0 spiro atoms. The monoisotopic (exact) mass is 254 g/mol. The van der Waals surface area contributed by atoms with Gasteiger partial charge < -0.3 is 4.74 Å². The summed E-state index contributed by atoms with van der Waals surface area (Å²) in [6.07, 6.45) is 3.04. The van der Waals surface area contributed by atoms with E-state index >= 15 is 0 Å². The van der Waals surface area contributed by atoms with Gasteiger partial charge in [-0.15, -0.1) is 0 Å². The minimum absolute atomic E-state index is 0.647. The van der Waals surface area contributed by atoms with Crippen LogP contribution in [0.15, 0.2) is 42.5 Å². The summed E-state index contributed by atoms with van der Waals surface area (Å²) in [6, 6.07) is 14.6. The fourth-order valence-corrected chi connectivity index (χ4v) is 2.68. The molecule has 89 valence electrons. The fraction of sp³-hybridized carbons (Fsp3) is 0.133. The fourth-order valence-electron chi connectivity index (χ4n) is 2.04. The van der Waals surface area contributed by atoms with Gasteiger partial charge in [0.1, 0.15) is 6.20 Å². The van der Waals surface area contributed by atoms with E-state index in [9.17, 15) is 0 Å². The first-order chi connectivity index (χ1) is 8.90. The van der Waals surface area contributed by atoms with Crippen LogP contribution in [0.1, 0.15) is 6.92 Å². The molecule has 0 bridgehead atoms. The molecule has 0 aliphatic rings. The van der Waals surface area contributed by atoms with Crippen LogP contribution in [0.5, 0.6) is 5.06 Å². The summed E-state index contributed by atoms with van der Waals surface area (Å²) in [4.78, 5) is 0. The van der Waals surface area contributed by atoms with Gasteiger partial charge in [0.15, 0.2) is 0 Å². The van der Waals surface area contributed by atoms with Crippen molar-refractivity contribution in [3.05, 3.63) is 48.7 Å². The zero-order valence-corrected chi connectivity index (χ0v) is 10.8. The lowest BCUT2D eigenvalue weighted by Gasteiger charge is -2.06. The average molecular weight is 254 g/mol. The summed E-state index contributed by atoms with van der Waals surface area (Å²) in [5.74, 6) is 0. The molecule has 0 amide bonds. The van der Waals surface area contributed by atoms with E-state index in [0.717, 1.165) is 16.2 Å². The van der Waals surface area contributed by atoms with Crippen LogP contribution in [-0.4, -0.2) is 11.0 Å². The molecular weight excluding hydrogens is 242 g/mol. The van der Waals surface area contributed by atoms with Gasteiger partial charge in [-0.1, -0.05) is 42.5 Å². The van der Waals surface area contributed by atoms with E-state index in [1.54, 1.807) is 0 Å². The Hall–Kier alpha value is -1.87. The molecule has 0 saturated heterocycles. The molecule has 0 aliphatic carbocycles. The van der Waals surface area contributed by atoms with E-state index < -0.39 is 0 Å². The molecule has 2 nitrogen and oxygen atoms in total. The maximum atomic E-state index is 5.61. The van der Waals surface area contributed by atoms with Crippen LogP contribution in [0.3, 0.4) is 0 Å². The van der Waals surface area contributed by atoms with Gasteiger partial charge in [0.2, 0.25) is 5.06 Å². The second-order valence-electron chi connectivity index (χ2n) is 3.92. The molecule has 18 heavy (non-hydrogen) atoms. The molecule has 0 atom stereocenters. The predicted molar refractivity (Wildman–Crippen MR) is 75.1 cm³/mol. The molecule has 0 fully saturated rings. The molecule has 3 rings (SSSR count). The Morgan fingerprint density at radius 2 is 2.00 bits per heavy atom. The number of nitrogens with zero attached hydrogens (tertiary/aromatic N) is 1. The lowest BCUT2D eigenvalue weighted by Crippen LogP contribution is -1.90. The second-order valence-corrected chi connectivity index (χ2v) is 4.65. The van der Waals surface area contributed by atoms with Crippen molar-refractivity contribution in [3.63, 3.8) is 0 Å². The number of ether oxygens (including phenoxy) is 1. The SMILES string of the molecule is CCOc1sn[c]c1-c1cccc2ccccc12. The molecule has 0 unspecified atom stereocenters. The van der Waals surface area contributed by atoms with Gasteiger partial charge in [0.25, 0.3) is 0 Å². The van der Waals surface area contributed by atoms with Gasteiger partial charge >= 0.3 is 0 Å². The normalized spacial score (nSPS) is 10.7. The Labute approximate surface area is 110 Å². The maximum absolute atomic E-state index is 5.61. The Morgan fingerprint density at radius 3 is 2.89 bits per heavy atom. The summed E-state index contributed by atoms with van der Waals surface area (Å²) >= 11 is 1.35. The van der Waals surface area contributed by atoms with E-state index in [0.29, 0.717) is 6.61 Å². The van der Waals surface area contributed by atoms with Crippen LogP contribution in [-0.2, 0) is 0 Å². The minimum Gasteiger partial charge on any atom is -0.483 e. The topological polar surface area (TPSA) is 22.1 Å². The first-order valence-electron chi connectivity index (χ1n) is 5.88. The number of fused-ring (bicyclic) bond motifs is 1. The van der Waals surface area contributed by atoms with Gasteiger partial charge in [-0.2, -0.15) is 4.37 Å². The standard InChI is InChI=1S/C15H12NOS/c1-2-17-15-14(10-16-18-15)13-9-5-7-11-6-3-4-8-12(11)13/h3-9H,2H2,1H3. The molecule has 0 N–H and O–H groups in total. The van der Waals surface area contributed by atoms with Gasteiger partial charge in [-0.3, -0.25) is 0 Å². The molecule has 0 saturated carbocycles. The van der Waals surface area contributed by atoms with Crippen LogP contribution in [0.2, 0.25) is 0 Å². The summed E-state index contributed by atoms with van der Waals surface area (Å²) in [7, 11) is 0. The molecular formula is C15H12NOS. The smallest absolute Gasteiger partial charge is 0.202 e. The van der Waals surface area contributed by atoms with Crippen molar-refractivity contribution in [2.45, 2.75) is 6.92 Å². The third-order valence-electron chi connectivity index (χ3n) is 2.82. The van der Waals surface area contributed by atoms with Crippen LogP contribution < -0.4 is 4.74 Å². The largest absolute Gasteiger partial charge is 0.483 e. The molecule has 3 aromatic rings.